The van der Waals surface area contributed by atoms with Gasteiger partial charge in [0.2, 0.25) is 0 Å². The summed E-state index contributed by atoms with van der Waals surface area (Å²) in [5.74, 6) is -0.751. The highest BCUT2D eigenvalue weighted by molar-refractivity contribution is 5.36. The van der Waals surface area contributed by atoms with Crippen LogP contribution in [0, 0.1) is 18.6 Å². The number of benzene rings is 2. The van der Waals surface area contributed by atoms with Crippen molar-refractivity contribution >= 4 is 0 Å². The molecule has 0 amide bonds. The third-order valence-electron chi connectivity index (χ3n) is 3.72. The van der Waals surface area contributed by atoms with Crippen molar-refractivity contribution in [2.75, 3.05) is 6.54 Å². The van der Waals surface area contributed by atoms with Crippen molar-refractivity contribution < 1.29 is 8.78 Å². The zero-order chi connectivity index (χ0) is 15.4. The van der Waals surface area contributed by atoms with E-state index in [1.807, 2.05) is 31.2 Å². The van der Waals surface area contributed by atoms with Crippen LogP contribution in [0.25, 0.3) is 0 Å². The molecule has 0 heterocycles. The van der Waals surface area contributed by atoms with Gasteiger partial charge in [-0.05, 0) is 48.7 Å². The molecule has 0 radical (unpaired) electrons. The highest BCUT2D eigenvalue weighted by Crippen LogP contribution is 2.27. The summed E-state index contributed by atoms with van der Waals surface area (Å²) in [5, 5.41) is 3.23. The molecular weight excluding hydrogens is 268 g/mol. The largest absolute Gasteiger partial charge is 0.306 e. The molecule has 1 nitrogen and oxygen atoms in total. The molecule has 0 aromatic heterocycles. The van der Waals surface area contributed by atoms with Crippen LogP contribution in [0.4, 0.5) is 8.78 Å². The average Bonchev–Trinajstić information content (AvgIpc) is 2.49. The summed E-state index contributed by atoms with van der Waals surface area (Å²) >= 11 is 0. The Morgan fingerprint density at radius 1 is 1.00 bits per heavy atom. The Morgan fingerprint density at radius 3 is 2.24 bits per heavy atom. The first-order chi connectivity index (χ1) is 10.1. The number of hydrogen-bond donors (Lipinski definition) is 1. The maximum Gasteiger partial charge on any atom is 0.128 e. The fourth-order valence-corrected chi connectivity index (χ4v) is 2.44. The molecule has 1 atom stereocenters. The van der Waals surface area contributed by atoms with Gasteiger partial charge in [-0.25, -0.2) is 8.78 Å². The van der Waals surface area contributed by atoms with Crippen LogP contribution in [-0.2, 0) is 6.42 Å². The number of rotatable bonds is 5. The first-order valence-electron chi connectivity index (χ1n) is 7.34. The van der Waals surface area contributed by atoms with Gasteiger partial charge in [-0.2, -0.15) is 0 Å². The topological polar surface area (TPSA) is 12.0 Å². The molecule has 0 aliphatic carbocycles. The van der Waals surface area contributed by atoms with Crippen LogP contribution in [0.1, 0.15) is 42.1 Å². The summed E-state index contributed by atoms with van der Waals surface area (Å²) in [6, 6.07) is 10.2. The lowest BCUT2D eigenvalue weighted by Crippen LogP contribution is -2.23. The van der Waals surface area contributed by atoms with E-state index in [1.165, 1.54) is 17.7 Å². The van der Waals surface area contributed by atoms with Gasteiger partial charge in [0.1, 0.15) is 11.6 Å². The van der Waals surface area contributed by atoms with E-state index >= 15 is 0 Å². The van der Waals surface area contributed by atoms with Crippen LogP contribution in [0.5, 0.6) is 0 Å². The molecule has 0 spiro atoms. The standard InChI is InChI=1S/C18H21F2N/c1-4-13-6-8-14(9-7-13)18(21-5-2)15-11-16(19)12(3)10-17(15)20/h6-11,18,21H,4-5H2,1-3H3. The van der Waals surface area contributed by atoms with E-state index in [1.54, 1.807) is 6.92 Å². The SMILES string of the molecule is CCNC(c1ccc(CC)cc1)c1cc(F)c(C)cc1F. The molecule has 0 fully saturated rings. The minimum Gasteiger partial charge on any atom is -0.306 e. The predicted octanol–water partition coefficient (Wildman–Crippen LogP) is 4.53. The van der Waals surface area contributed by atoms with Crippen LogP contribution in [-0.4, -0.2) is 6.54 Å². The van der Waals surface area contributed by atoms with Gasteiger partial charge in [0.15, 0.2) is 0 Å². The number of aryl methyl sites for hydroxylation is 2. The second-order valence-corrected chi connectivity index (χ2v) is 5.21. The molecule has 1 unspecified atom stereocenters. The summed E-state index contributed by atoms with van der Waals surface area (Å²) < 4.78 is 28.0. The molecule has 0 aliphatic rings. The number of hydrogen-bond acceptors (Lipinski definition) is 1. The summed E-state index contributed by atoms with van der Waals surface area (Å²) in [7, 11) is 0. The Kier molecular flexibility index (Phi) is 5.07. The highest BCUT2D eigenvalue weighted by Gasteiger charge is 2.18. The highest BCUT2D eigenvalue weighted by atomic mass is 19.1. The van der Waals surface area contributed by atoms with Gasteiger partial charge in [-0.3, -0.25) is 0 Å². The van der Waals surface area contributed by atoms with Crippen LogP contribution in [0.3, 0.4) is 0 Å². The van der Waals surface area contributed by atoms with Crippen molar-refractivity contribution in [3.63, 3.8) is 0 Å². The number of halogens is 2. The Morgan fingerprint density at radius 2 is 1.67 bits per heavy atom. The van der Waals surface area contributed by atoms with Crippen molar-refractivity contribution in [3.8, 4) is 0 Å². The summed E-state index contributed by atoms with van der Waals surface area (Å²) in [6.07, 6.45) is 0.958. The molecule has 2 aromatic carbocycles. The maximum atomic E-state index is 14.2. The minimum atomic E-state index is -0.376. The smallest absolute Gasteiger partial charge is 0.128 e. The van der Waals surface area contributed by atoms with Crippen molar-refractivity contribution in [1.29, 1.82) is 0 Å². The third-order valence-corrected chi connectivity index (χ3v) is 3.72. The second-order valence-electron chi connectivity index (χ2n) is 5.21. The van der Waals surface area contributed by atoms with E-state index in [2.05, 4.69) is 12.2 Å². The van der Waals surface area contributed by atoms with E-state index in [9.17, 15) is 8.78 Å². The lowest BCUT2D eigenvalue weighted by molar-refractivity contribution is 0.541. The zero-order valence-electron chi connectivity index (χ0n) is 12.7. The van der Waals surface area contributed by atoms with Crippen LogP contribution in [0.15, 0.2) is 36.4 Å². The van der Waals surface area contributed by atoms with E-state index < -0.39 is 0 Å². The Balaban J connectivity index is 2.44. The molecule has 0 saturated carbocycles. The normalized spacial score (nSPS) is 12.4. The fraction of sp³-hybridized carbons (Fsp3) is 0.333. The molecule has 2 aromatic rings. The van der Waals surface area contributed by atoms with Crippen molar-refractivity contribution in [1.82, 2.24) is 5.32 Å². The van der Waals surface area contributed by atoms with Gasteiger partial charge < -0.3 is 5.32 Å². The van der Waals surface area contributed by atoms with E-state index in [0.717, 1.165) is 12.0 Å². The summed E-state index contributed by atoms with van der Waals surface area (Å²) in [5.41, 5.74) is 2.85. The van der Waals surface area contributed by atoms with Gasteiger partial charge >= 0.3 is 0 Å². The van der Waals surface area contributed by atoms with E-state index in [0.29, 0.717) is 17.7 Å². The third kappa shape index (κ3) is 3.48. The molecule has 3 heteroatoms. The first kappa shape index (κ1) is 15.6. The van der Waals surface area contributed by atoms with Gasteiger partial charge in [-0.1, -0.05) is 38.1 Å². The molecular formula is C18H21F2N. The van der Waals surface area contributed by atoms with Crippen molar-refractivity contribution in [2.24, 2.45) is 0 Å². The minimum absolute atomic E-state index is 0.327. The second kappa shape index (κ2) is 6.81. The molecule has 0 bridgehead atoms. The Bertz CT molecular complexity index is 605. The van der Waals surface area contributed by atoms with Gasteiger partial charge in [0.25, 0.3) is 0 Å². The molecule has 1 N–H and O–H groups in total. The lowest BCUT2D eigenvalue weighted by atomic mass is 9.95. The van der Waals surface area contributed by atoms with Crippen LogP contribution in [0.2, 0.25) is 0 Å². The van der Waals surface area contributed by atoms with Crippen molar-refractivity contribution in [2.45, 2.75) is 33.2 Å². The average molecular weight is 289 g/mol. The van der Waals surface area contributed by atoms with Gasteiger partial charge in [0, 0.05) is 5.56 Å². The molecule has 112 valence electrons. The Hall–Kier alpha value is -1.74. The molecule has 2 rings (SSSR count). The van der Waals surface area contributed by atoms with Gasteiger partial charge in [0.05, 0.1) is 6.04 Å². The number of nitrogens with one attached hydrogen (secondary N) is 1. The Labute approximate surface area is 125 Å². The van der Waals surface area contributed by atoms with Crippen LogP contribution >= 0.6 is 0 Å². The summed E-state index contributed by atoms with van der Waals surface area (Å²) in [6.45, 7) is 6.29. The first-order valence-corrected chi connectivity index (χ1v) is 7.34. The van der Waals surface area contributed by atoms with Crippen molar-refractivity contribution in [3.05, 3.63) is 70.3 Å². The zero-order valence-corrected chi connectivity index (χ0v) is 12.7. The van der Waals surface area contributed by atoms with E-state index in [-0.39, 0.29) is 17.7 Å². The predicted molar refractivity (Wildman–Crippen MR) is 82.4 cm³/mol. The lowest BCUT2D eigenvalue weighted by Gasteiger charge is -2.20. The van der Waals surface area contributed by atoms with Gasteiger partial charge in [-0.15, -0.1) is 0 Å². The van der Waals surface area contributed by atoms with E-state index in [4.69, 9.17) is 0 Å². The maximum absolute atomic E-state index is 14.2. The van der Waals surface area contributed by atoms with Crippen LogP contribution < -0.4 is 5.32 Å². The monoisotopic (exact) mass is 289 g/mol. The summed E-state index contributed by atoms with van der Waals surface area (Å²) in [4.78, 5) is 0. The fourth-order valence-electron chi connectivity index (χ4n) is 2.44. The quantitative estimate of drug-likeness (QED) is 0.852. The molecule has 0 aliphatic heterocycles. The molecule has 21 heavy (non-hydrogen) atoms. The molecule has 0 saturated heterocycles.